The second kappa shape index (κ2) is 4.20. The summed E-state index contributed by atoms with van der Waals surface area (Å²) >= 11 is 0. The summed E-state index contributed by atoms with van der Waals surface area (Å²) in [5.74, 6) is 0.996. The Kier molecular flexibility index (Phi) is 2.88. The molecule has 0 radical (unpaired) electrons. The summed E-state index contributed by atoms with van der Waals surface area (Å²) in [6.45, 7) is 6.24. The SMILES string of the molecule is Cc1nccn1CC(=O)c1cc(C)n(C)c1C. The van der Waals surface area contributed by atoms with Gasteiger partial charge in [0.15, 0.2) is 5.78 Å². The highest BCUT2D eigenvalue weighted by Crippen LogP contribution is 2.14. The molecule has 0 atom stereocenters. The zero-order chi connectivity index (χ0) is 12.6. The van der Waals surface area contributed by atoms with Crippen LogP contribution >= 0.6 is 0 Å². The van der Waals surface area contributed by atoms with E-state index in [0.29, 0.717) is 6.54 Å². The van der Waals surface area contributed by atoms with Crippen LogP contribution in [0, 0.1) is 20.8 Å². The first-order chi connectivity index (χ1) is 8.00. The number of nitrogens with zero attached hydrogens (tertiary/aromatic N) is 3. The third-order valence-electron chi connectivity index (χ3n) is 3.31. The molecule has 0 fully saturated rings. The molecule has 4 heteroatoms. The smallest absolute Gasteiger partial charge is 0.184 e. The van der Waals surface area contributed by atoms with Gasteiger partial charge in [0.1, 0.15) is 5.82 Å². The van der Waals surface area contributed by atoms with Crippen LogP contribution < -0.4 is 0 Å². The number of hydrogen-bond donors (Lipinski definition) is 0. The van der Waals surface area contributed by atoms with Gasteiger partial charge in [-0.15, -0.1) is 0 Å². The van der Waals surface area contributed by atoms with Crippen LogP contribution in [0.3, 0.4) is 0 Å². The normalized spacial score (nSPS) is 10.8. The molecule has 0 aromatic carbocycles. The zero-order valence-electron chi connectivity index (χ0n) is 10.7. The number of aryl methyl sites for hydroxylation is 2. The van der Waals surface area contributed by atoms with Crippen molar-refractivity contribution in [2.45, 2.75) is 27.3 Å². The maximum absolute atomic E-state index is 12.2. The van der Waals surface area contributed by atoms with Gasteiger partial charge >= 0.3 is 0 Å². The van der Waals surface area contributed by atoms with Gasteiger partial charge in [-0.05, 0) is 26.8 Å². The largest absolute Gasteiger partial charge is 0.351 e. The lowest BCUT2D eigenvalue weighted by Crippen LogP contribution is -2.11. The summed E-state index contributed by atoms with van der Waals surface area (Å²) < 4.78 is 3.90. The molecular formula is C13H17N3O. The van der Waals surface area contributed by atoms with E-state index in [1.165, 1.54) is 0 Å². The summed E-state index contributed by atoms with van der Waals surface area (Å²) in [5, 5.41) is 0. The maximum Gasteiger partial charge on any atom is 0.184 e. The van der Waals surface area contributed by atoms with Crippen LogP contribution in [-0.4, -0.2) is 19.9 Å². The van der Waals surface area contributed by atoms with Crippen LogP contribution in [0.5, 0.6) is 0 Å². The number of aromatic nitrogens is 3. The number of rotatable bonds is 3. The van der Waals surface area contributed by atoms with Crippen LogP contribution in [0.15, 0.2) is 18.5 Å². The van der Waals surface area contributed by atoms with Crippen molar-refractivity contribution in [1.82, 2.24) is 14.1 Å². The van der Waals surface area contributed by atoms with Gasteiger partial charge in [0.25, 0.3) is 0 Å². The number of hydrogen-bond acceptors (Lipinski definition) is 2. The monoisotopic (exact) mass is 231 g/mol. The molecule has 4 nitrogen and oxygen atoms in total. The summed E-state index contributed by atoms with van der Waals surface area (Å²) in [5.41, 5.74) is 2.93. The van der Waals surface area contributed by atoms with E-state index in [4.69, 9.17) is 0 Å². The second-order valence-corrected chi connectivity index (χ2v) is 4.37. The lowest BCUT2D eigenvalue weighted by molar-refractivity contribution is 0.0970. The van der Waals surface area contributed by atoms with Gasteiger partial charge in [0.05, 0.1) is 6.54 Å². The highest BCUT2D eigenvalue weighted by atomic mass is 16.1. The zero-order valence-corrected chi connectivity index (χ0v) is 10.7. The highest BCUT2D eigenvalue weighted by Gasteiger charge is 2.14. The van der Waals surface area contributed by atoms with E-state index in [-0.39, 0.29) is 5.78 Å². The molecule has 2 heterocycles. The summed E-state index contributed by atoms with van der Waals surface area (Å²) in [6, 6.07) is 1.95. The Morgan fingerprint density at radius 3 is 2.53 bits per heavy atom. The van der Waals surface area contributed by atoms with E-state index in [1.807, 2.05) is 49.2 Å². The Labute approximate surface area is 101 Å². The Bertz CT molecular complexity index is 563. The minimum Gasteiger partial charge on any atom is -0.351 e. The van der Waals surface area contributed by atoms with E-state index in [0.717, 1.165) is 22.8 Å². The molecule has 0 aliphatic heterocycles. The van der Waals surface area contributed by atoms with Crippen LogP contribution in [0.2, 0.25) is 0 Å². The molecule has 0 aliphatic carbocycles. The van der Waals surface area contributed by atoms with Gasteiger partial charge in [-0.3, -0.25) is 4.79 Å². The number of ketones is 1. The average molecular weight is 231 g/mol. The lowest BCUT2D eigenvalue weighted by atomic mass is 10.1. The van der Waals surface area contributed by atoms with Gasteiger partial charge in [0, 0.05) is 36.4 Å². The minimum absolute atomic E-state index is 0.132. The Hall–Kier alpha value is -1.84. The molecule has 0 amide bonds. The highest BCUT2D eigenvalue weighted by molar-refractivity contribution is 5.97. The molecule has 0 unspecified atom stereocenters. The first kappa shape index (κ1) is 11.6. The second-order valence-electron chi connectivity index (χ2n) is 4.37. The predicted octanol–water partition coefficient (Wildman–Crippen LogP) is 2.03. The van der Waals surface area contributed by atoms with Crippen molar-refractivity contribution in [3.05, 3.63) is 41.2 Å². The third-order valence-corrected chi connectivity index (χ3v) is 3.31. The van der Waals surface area contributed by atoms with Crippen molar-refractivity contribution < 1.29 is 4.79 Å². The molecule has 0 N–H and O–H groups in total. The Balaban J connectivity index is 2.26. The van der Waals surface area contributed by atoms with Gasteiger partial charge in [-0.1, -0.05) is 0 Å². The molecule has 17 heavy (non-hydrogen) atoms. The molecule has 0 aliphatic rings. The predicted molar refractivity (Wildman–Crippen MR) is 66.2 cm³/mol. The first-order valence-electron chi connectivity index (χ1n) is 5.64. The van der Waals surface area contributed by atoms with Gasteiger partial charge in [0.2, 0.25) is 0 Å². The van der Waals surface area contributed by atoms with Crippen molar-refractivity contribution in [2.75, 3.05) is 0 Å². The molecule has 90 valence electrons. The van der Waals surface area contributed by atoms with Crippen LogP contribution in [0.4, 0.5) is 0 Å². The molecule has 2 rings (SSSR count). The van der Waals surface area contributed by atoms with E-state index in [1.54, 1.807) is 6.20 Å². The molecule has 2 aromatic rings. The number of carbonyl (C=O) groups is 1. The molecule has 0 saturated carbocycles. The van der Waals surface area contributed by atoms with E-state index >= 15 is 0 Å². The van der Waals surface area contributed by atoms with Crippen molar-refractivity contribution >= 4 is 5.78 Å². The average Bonchev–Trinajstić information content (AvgIpc) is 2.79. The van der Waals surface area contributed by atoms with Crippen LogP contribution in [0.25, 0.3) is 0 Å². The lowest BCUT2D eigenvalue weighted by Gasteiger charge is -2.04. The number of Topliss-reactive ketones (excluding diaryl/α,β-unsaturated/α-hetero) is 1. The van der Waals surface area contributed by atoms with Gasteiger partial charge in [-0.25, -0.2) is 4.98 Å². The first-order valence-corrected chi connectivity index (χ1v) is 5.64. The maximum atomic E-state index is 12.2. The molecular weight excluding hydrogens is 214 g/mol. The van der Waals surface area contributed by atoms with Gasteiger partial charge < -0.3 is 9.13 Å². The Morgan fingerprint density at radius 1 is 1.35 bits per heavy atom. The van der Waals surface area contributed by atoms with Crippen molar-refractivity contribution in [3.63, 3.8) is 0 Å². The quantitative estimate of drug-likeness (QED) is 0.758. The minimum atomic E-state index is 0.132. The molecule has 0 spiro atoms. The summed E-state index contributed by atoms with van der Waals surface area (Å²) in [6.07, 6.45) is 3.55. The van der Waals surface area contributed by atoms with Crippen LogP contribution in [0.1, 0.15) is 27.6 Å². The van der Waals surface area contributed by atoms with Crippen molar-refractivity contribution in [1.29, 1.82) is 0 Å². The van der Waals surface area contributed by atoms with E-state index < -0.39 is 0 Å². The fourth-order valence-electron chi connectivity index (χ4n) is 1.95. The summed E-state index contributed by atoms with van der Waals surface area (Å²) in [7, 11) is 1.98. The molecule has 0 saturated heterocycles. The van der Waals surface area contributed by atoms with Gasteiger partial charge in [-0.2, -0.15) is 0 Å². The topological polar surface area (TPSA) is 39.8 Å². The van der Waals surface area contributed by atoms with E-state index in [2.05, 4.69) is 4.98 Å². The van der Waals surface area contributed by atoms with E-state index in [9.17, 15) is 4.79 Å². The third kappa shape index (κ3) is 2.02. The molecule has 0 bridgehead atoms. The summed E-state index contributed by atoms with van der Waals surface area (Å²) in [4.78, 5) is 16.3. The fourth-order valence-corrected chi connectivity index (χ4v) is 1.95. The van der Waals surface area contributed by atoms with Crippen molar-refractivity contribution in [2.24, 2.45) is 7.05 Å². The fraction of sp³-hybridized carbons (Fsp3) is 0.385. The number of carbonyl (C=O) groups excluding carboxylic acids is 1. The number of imidazole rings is 1. The Morgan fingerprint density at radius 2 is 2.06 bits per heavy atom. The van der Waals surface area contributed by atoms with Crippen molar-refractivity contribution in [3.8, 4) is 0 Å². The van der Waals surface area contributed by atoms with Crippen LogP contribution in [-0.2, 0) is 13.6 Å². The molecule has 2 aromatic heterocycles. The standard InChI is InChI=1S/C13H17N3O/c1-9-7-12(10(2)15(9)4)13(17)8-16-6-5-14-11(16)3/h5-7H,8H2,1-4H3.